The van der Waals surface area contributed by atoms with Crippen molar-refractivity contribution >= 4 is 23.2 Å². The summed E-state index contributed by atoms with van der Waals surface area (Å²) >= 11 is 11.2. The zero-order valence-electron chi connectivity index (χ0n) is 7.47. The highest BCUT2D eigenvalue weighted by molar-refractivity contribution is 6.42. The number of hydrogen-bond acceptors (Lipinski definition) is 2. The van der Waals surface area contributed by atoms with Gasteiger partial charge in [-0.25, -0.2) is 4.39 Å². The summed E-state index contributed by atoms with van der Waals surface area (Å²) in [6.07, 6.45) is -0.945. The molecule has 1 rings (SSSR count). The zero-order valence-corrected chi connectivity index (χ0v) is 8.98. The first-order valence-corrected chi connectivity index (χ1v) is 4.77. The highest BCUT2D eigenvalue weighted by atomic mass is 35.5. The van der Waals surface area contributed by atoms with Crippen LogP contribution in [0.25, 0.3) is 0 Å². The Bertz CT molecular complexity index is 321. The fourth-order valence-corrected chi connectivity index (χ4v) is 1.37. The van der Waals surface area contributed by atoms with E-state index in [9.17, 15) is 9.50 Å². The van der Waals surface area contributed by atoms with E-state index in [1.807, 2.05) is 0 Å². The second kappa shape index (κ2) is 4.45. The van der Waals surface area contributed by atoms with Crippen molar-refractivity contribution in [2.24, 2.45) is 5.73 Å². The van der Waals surface area contributed by atoms with E-state index in [1.165, 1.54) is 6.07 Å². The molecule has 0 bridgehead atoms. The molecular weight excluding hydrogens is 228 g/mol. The van der Waals surface area contributed by atoms with Gasteiger partial charge < -0.3 is 10.8 Å². The molecule has 5 heteroatoms. The summed E-state index contributed by atoms with van der Waals surface area (Å²) < 4.78 is 13.1. The summed E-state index contributed by atoms with van der Waals surface area (Å²) in [5.41, 5.74) is 5.78. The van der Waals surface area contributed by atoms with E-state index in [2.05, 4.69) is 0 Å². The van der Waals surface area contributed by atoms with Gasteiger partial charge in [-0.1, -0.05) is 23.2 Å². The Labute approximate surface area is 91.4 Å². The molecule has 3 N–H and O–H groups in total. The highest BCUT2D eigenvalue weighted by Crippen LogP contribution is 2.29. The number of nitrogens with two attached hydrogens (primary N) is 1. The van der Waals surface area contributed by atoms with Crippen molar-refractivity contribution in [3.63, 3.8) is 0 Å². The Morgan fingerprint density at radius 2 is 2.00 bits per heavy atom. The van der Waals surface area contributed by atoms with Gasteiger partial charge in [-0.2, -0.15) is 0 Å². The van der Waals surface area contributed by atoms with E-state index in [1.54, 1.807) is 6.92 Å². The van der Waals surface area contributed by atoms with E-state index in [-0.39, 0.29) is 10.0 Å². The van der Waals surface area contributed by atoms with Crippen LogP contribution in [0.3, 0.4) is 0 Å². The molecular formula is C9H10Cl2FNO. The first-order valence-electron chi connectivity index (χ1n) is 4.01. The normalized spacial score (nSPS) is 15.3. The van der Waals surface area contributed by atoms with Gasteiger partial charge in [0.2, 0.25) is 0 Å². The molecule has 14 heavy (non-hydrogen) atoms. The van der Waals surface area contributed by atoms with Crippen molar-refractivity contribution < 1.29 is 9.50 Å². The van der Waals surface area contributed by atoms with E-state index in [0.717, 1.165) is 6.07 Å². The van der Waals surface area contributed by atoms with Crippen LogP contribution < -0.4 is 5.73 Å². The predicted octanol–water partition coefficient (Wildman–Crippen LogP) is 2.51. The smallest absolute Gasteiger partial charge is 0.143 e. The van der Waals surface area contributed by atoms with Crippen molar-refractivity contribution in [2.45, 2.75) is 19.1 Å². The van der Waals surface area contributed by atoms with Gasteiger partial charge >= 0.3 is 0 Å². The quantitative estimate of drug-likeness (QED) is 0.777. The largest absolute Gasteiger partial charge is 0.387 e. The van der Waals surface area contributed by atoms with Gasteiger partial charge in [0.25, 0.3) is 0 Å². The lowest BCUT2D eigenvalue weighted by molar-refractivity contribution is 0.153. The number of aliphatic hydroxyl groups excluding tert-OH is 1. The van der Waals surface area contributed by atoms with Crippen LogP contribution in [0.2, 0.25) is 10.0 Å². The maximum atomic E-state index is 13.1. The van der Waals surface area contributed by atoms with Crippen molar-refractivity contribution in [1.82, 2.24) is 0 Å². The molecule has 0 spiro atoms. The van der Waals surface area contributed by atoms with Crippen LogP contribution in [0.1, 0.15) is 18.6 Å². The summed E-state index contributed by atoms with van der Waals surface area (Å²) in [7, 11) is 0. The second-order valence-corrected chi connectivity index (χ2v) is 3.89. The lowest BCUT2D eigenvalue weighted by Crippen LogP contribution is -2.24. The lowest BCUT2D eigenvalue weighted by atomic mass is 10.0. The van der Waals surface area contributed by atoms with Crippen LogP contribution in [0.15, 0.2) is 12.1 Å². The summed E-state index contributed by atoms with van der Waals surface area (Å²) in [4.78, 5) is 0. The average molecular weight is 238 g/mol. The molecule has 0 radical (unpaired) electrons. The molecule has 0 aliphatic heterocycles. The number of halogens is 3. The van der Waals surface area contributed by atoms with Crippen molar-refractivity contribution in [3.05, 3.63) is 33.6 Å². The van der Waals surface area contributed by atoms with E-state index in [4.69, 9.17) is 28.9 Å². The SMILES string of the molecule is C[C@@H](N)[C@@H](O)c1cc(F)c(Cl)c(Cl)c1. The summed E-state index contributed by atoms with van der Waals surface area (Å²) in [5, 5.41) is 9.47. The number of rotatable bonds is 2. The monoisotopic (exact) mass is 237 g/mol. The summed E-state index contributed by atoms with van der Waals surface area (Å²) in [5.74, 6) is -0.658. The van der Waals surface area contributed by atoms with Crippen LogP contribution in [0.5, 0.6) is 0 Å². The Kier molecular flexibility index (Phi) is 3.72. The van der Waals surface area contributed by atoms with Crippen LogP contribution in [-0.4, -0.2) is 11.1 Å². The van der Waals surface area contributed by atoms with Gasteiger partial charge in [-0.3, -0.25) is 0 Å². The minimum Gasteiger partial charge on any atom is -0.387 e. The highest BCUT2D eigenvalue weighted by Gasteiger charge is 2.16. The maximum Gasteiger partial charge on any atom is 0.143 e. The molecule has 1 aromatic carbocycles. The van der Waals surface area contributed by atoms with E-state index < -0.39 is 18.0 Å². The molecule has 0 unspecified atom stereocenters. The third-order valence-corrected chi connectivity index (χ3v) is 2.62. The molecule has 0 saturated carbocycles. The number of aliphatic hydroxyl groups is 1. The fourth-order valence-electron chi connectivity index (χ4n) is 1.05. The number of benzene rings is 1. The van der Waals surface area contributed by atoms with Crippen LogP contribution in [0, 0.1) is 5.82 Å². The molecule has 0 heterocycles. The van der Waals surface area contributed by atoms with Crippen LogP contribution in [-0.2, 0) is 0 Å². The molecule has 0 aliphatic carbocycles. The average Bonchev–Trinajstić information content (AvgIpc) is 2.12. The van der Waals surface area contributed by atoms with Crippen molar-refractivity contribution in [1.29, 1.82) is 0 Å². The van der Waals surface area contributed by atoms with Crippen LogP contribution >= 0.6 is 23.2 Å². The molecule has 0 aliphatic rings. The Morgan fingerprint density at radius 3 is 2.43 bits per heavy atom. The van der Waals surface area contributed by atoms with Gasteiger partial charge in [0, 0.05) is 6.04 Å². The van der Waals surface area contributed by atoms with Gasteiger partial charge in [-0.15, -0.1) is 0 Å². The topological polar surface area (TPSA) is 46.2 Å². The van der Waals surface area contributed by atoms with E-state index >= 15 is 0 Å². The summed E-state index contributed by atoms with van der Waals surface area (Å²) in [6, 6.07) is 2.04. The lowest BCUT2D eigenvalue weighted by Gasteiger charge is -2.15. The molecule has 1 aromatic rings. The molecule has 2 atom stereocenters. The second-order valence-electron chi connectivity index (χ2n) is 3.10. The van der Waals surface area contributed by atoms with Gasteiger partial charge in [0.05, 0.1) is 16.1 Å². The molecule has 0 saturated heterocycles. The Morgan fingerprint density at radius 1 is 1.43 bits per heavy atom. The van der Waals surface area contributed by atoms with Gasteiger partial charge in [0.1, 0.15) is 5.82 Å². The Hall–Kier alpha value is -0.350. The first kappa shape index (κ1) is 11.7. The van der Waals surface area contributed by atoms with Gasteiger partial charge in [-0.05, 0) is 24.6 Å². The minimum absolute atomic E-state index is 0.0707. The predicted molar refractivity (Wildman–Crippen MR) is 55.0 cm³/mol. The fraction of sp³-hybridized carbons (Fsp3) is 0.333. The first-order chi connectivity index (χ1) is 6.43. The van der Waals surface area contributed by atoms with Gasteiger partial charge in [0.15, 0.2) is 0 Å². The molecule has 0 fully saturated rings. The maximum absolute atomic E-state index is 13.1. The third-order valence-electron chi connectivity index (χ3n) is 1.85. The molecule has 78 valence electrons. The standard InChI is InChI=1S/C9H10Cl2FNO/c1-4(13)9(14)5-2-6(10)8(11)7(12)3-5/h2-4,9,14H,13H2,1H3/t4-,9-/m1/s1. The number of hydrogen-bond donors (Lipinski definition) is 2. The third kappa shape index (κ3) is 2.36. The van der Waals surface area contributed by atoms with Crippen molar-refractivity contribution in [3.8, 4) is 0 Å². The minimum atomic E-state index is -0.945. The Balaban J connectivity index is 3.12. The molecule has 0 aromatic heterocycles. The zero-order chi connectivity index (χ0) is 10.9. The molecule has 0 amide bonds. The van der Waals surface area contributed by atoms with E-state index in [0.29, 0.717) is 5.56 Å². The van der Waals surface area contributed by atoms with Crippen molar-refractivity contribution in [2.75, 3.05) is 0 Å². The molecule has 2 nitrogen and oxygen atoms in total. The summed E-state index contributed by atoms with van der Waals surface area (Å²) in [6.45, 7) is 1.62. The van der Waals surface area contributed by atoms with Crippen LogP contribution in [0.4, 0.5) is 4.39 Å².